The fourth-order valence-electron chi connectivity index (χ4n) is 2.85. The summed E-state index contributed by atoms with van der Waals surface area (Å²) in [6.45, 7) is 1.88. The van der Waals surface area contributed by atoms with E-state index in [2.05, 4.69) is 15.5 Å². The molecule has 0 saturated heterocycles. The first-order valence-electron chi connectivity index (χ1n) is 9.29. The number of thioether (sulfide) groups is 1. The van der Waals surface area contributed by atoms with Crippen molar-refractivity contribution < 1.29 is 13.9 Å². The van der Waals surface area contributed by atoms with Crippen LogP contribution in [0.3, 0.4) is 0 Å². The van der Waals surface area contributed by atoms with Crippen molar-refractivity contribution in [2.24, 2.45) is 7.05 Å². The molecule has 2 heterocycles. The largest absolute Gasteiger partial charge is 0.469 e. The molecule has 0 unspecified atom stereocenters. The third kappa shape index (κ3) is 4.55. The number of para-hydroxylation sites is 1. The van der Waals surface area contributed by atoms with Crippen LogP contribution in [0.4, 0.5) is 5.69 Å². The van der Waals surface area contributed by atoms with Gasteiger partial charge >= 0.3 is 0 Å². The smallest absolute Gasteiger partial charge is 0.234 e. The first-order valence-corrected chi connectivity index (χ1v) is 10.3. The van der Waals surface area contributed by atoms with Crippen molar-refractivity contribution in [2.75, 3.05) is 11.1 Å². The maximum Gasteiger partial charge on any atom is 0.234 e. The van der Waals surface area contributed by atoms with E-state index in [1.54, 1.807) is 6.26 Å². The molecule has 152 valence electrons. The van der Waals surface area contributed by atoms with E-state index < -0.39 is 0 Å². The van der Waals surface area contributed by atoms with Crippen LogP contribution < -0.4 is 10.1 Å². The molecular formula is C22H20N4O3S. The second-order valence-electron chi connectivity index (χ2n) is 6.53. The Labute approximate surface area is 178 Å². The number of carbonyl (C=O) groups excluding carboxylic acids is 1. The zero-order valence-electron chi connectivity index (χ0n) is 16.5. The quantitative estimate of drug-likeness (QED) is 0.428. The monoisotopic (exact) mass is 420 g/mol. The summed E-state index contributed by atoms with van der Waals surface area (Å²) >= 11 is 1.33. The van der Waals surface area contributed by atoms with Crippen LogP contribution in [0, 0.1) is 6.92 Å². The Morgan fingerprint density at radius 1 is 1.07 bits per heavy atom. The van der Waals surface area contributed by atoms with Crippen LogP contribution in [-0.2, 0) is 11.8 Å². The van der Waals surface area contributed by atoms with E-state index in [1.807, 2.05) is 79.2 Å². The molecule has 4 rings (SSSR count). The number of nitrogens with zero attached hydrogens (tertiary/aromatic N) is 3. The average Bonchev–Trinajstić information content (AvgIpc) is 3.33. The Hall–Kier alpha value is -3.52. The number of amides is 1. The van der Waals surface area contributed by atoms with Crippen LogP contribution in [0.25, 0.3) is 11.4 Å². The molecule has 0 saturated carbocycles. The second kappa shape index (κ2) is 8.87. The molecule has 0 spiro atoms. The fraction of sp³-hybridized carbons (Fsp3) is 0.136. The van der Waals surface area contributed by atoms with E-state index in [0.717, 1.165) is 17.1 Å². The second-order valence-corrected chi connectivity index (χ2v) is 7.47. The van der Waals surface area contributed by atoms with Gasteiger partial charge in [0.15, 0.2) is 11.0 Å². The highest BCUT2D eigenvalue weighted by molar-refractivity contribution is 7.99. The number of furan rings is 1. The number of anilines is 1. The minimum atomic E-state index is -0.124. The van der Waals surface area contributed by atoms with Gasteiger partial charge in [-0.25, -0.2) is 0 Å². The number of rotatable bonds is 7. The molecule has 1 N–H and O–H groups in total. The lowest BCUT2D eigenvalue weighted by atomic mass is 10.2. The molecule has 1 amide bonds. The molecule has 30 heavy (non-hydrogen) atoms. The molecular weight excluding hydrogens is 400 g/mol. The summed E-state index contributed by atoms with van der Waals surface area (Å²) in [5.41, 5.74) is 1.59. The summed E-state index contributed by atoms with van der Waals surface area (Å²) in [5, 5.41) is 11.9. The number of carbonyl (C=O) groups is 1. The van der Waals surface area contributed by atoms with Crippen molar-refractivity contribution in [1.29, 1.82) is 0 Å². The minimum Gasteiger partial charge on any atom is -0.469 e. The van der Waals surface area contributed by atoms with Crippen LogP contribution in [0.2, 0.25) is 0 Å². The predicted octanol–water partition coefficient (Wildman–Crippen LogP) is 4.91. The number of nitrogens with one attached hydrogen (secondary N) is 1. The van der Waals surface area contributed by atoms with Gasteiger partial charge in [0, 0.05) is 12.7 Å². The van der Waals surface area contributed by atoms with Crippen molar-refractivity contribution in [2.45, 2.75) is 12.1 Å². The summed E-state index contributed by atoms with van der Waals surface area (Å²) in [4.78, 5) is 12.3. The maximum absolute atomic E-state index is 12.3. The average molecular weight is 420 g/mol. The zero-order valence-corrected chi connectivity index (χ0v) is 17.3. The summed E-state index contributed by atoms with van der Waals surface area (Å²) in [5.74, 6) is 3.05. The number of benzene rings is 2. The number of hydrogen-bond acceptors (Lipinski definition) is 6. The van der Waals surface area contributed by atoms with Crippen molar-refractivity contribution in [3.05, 3.63) is 72.7 Å². The molecule has 0 aliphatic carbocycles. The third-order valence-corrected chi connectivity index (χ3v) is 5.40. The number of ether oxygens (including phenoxy) is 1. The molecule has 0 fully saturated rings. The number of hydrogen-bond donors (Lipinski definition) is 1. The van der Waals surface area contributed by atoms with E-state index in [1.165, 1.54) is 11.8 Å². The van der Waals surface area contributed by atoms with Gasteiger partial charge in [0.2, 0.25) is 5.91 Å². The van der Waals surface area contributed by atoms with E-state index in [4.69, 9.17) is 9.15 Å². The summed E-state index contributed by atoms with van der Waals surface area (Å²) < 4.78 is 12.9. The highest BCUT2D eigenvalue weighted by Crippen LogP contribution is 2.26. The first kappa shape index (κ1) is 19.8. The van der Waals surface area contributed by atoms with Gasteiger partial charge in [-0.3, -0.25) is 4.79 Å². The van der Waals surface area contributed by atoms with Gasteiger partial charge in [0.25, 0.3) is 0 Å². The van der Waals surface area contributed by atoms with Crippen molar-refractivity contribution in [1.82, 2.24) is 14.8 Å². The summed E-state index contributed by atoms with van der Waals surface area (Å²) in [6.07, 6.45) is 1.62. The summed E-state index contributed by atoms with van der Waals surface area (Å²) in [7, 11) is 1.87. The van der Waals surface area contributed by atoms with Gasteiger partial charge < -0.3 is 19.0 Å². The zero-order chi connectivity index (χ0) is 20.9. The van der Waals surface area contributed by atoms with Crippen molar-refractivity contribution in [3.63, 3.8) is 0 Å². The highest BCUT2D eigenvalue weighted by Gasteiger charge is 2.15. The van der Waals surface area contributed by atoms with Crippen LogP contribution in [0.5, 0.6) is 11.5 Å². The molecule has 0 aliphatic rings. The molecule has 7 nitrogen and oxygen atoms in total. The molecule has 0 aliphatic heterocycles. The van der Waals surface area contributed by atoms with Crippen LogP contribution in [0.1, 0.15) is 5.76 Å². The normalized spacial score (nSPS) is 10.7. The Morgan fingerprint density at radius 2 is 1.80 bits per heavy atom. The molecule has 4 aromatic rings. The molecule has 0 atom stereocenters. The maximum atomic E-state index is 12.3. The Morgan fingerprint density at radius 3 is 2.50 bits per heavy atom. The van der Waals surface area contributed by atoms with Gasteiger partial charge in [-0.2, -0.15) is 0 Å². The Bertz CT molecular complexity index is 1140. The lowest BCUT2D eigenvalue weighted by molar-refractivity contribution is -0.113. The summed E-state index contributed by atoms with van der Waals surface area (Å²) in [6, 6.07) is 18.6. The van der Waals surface area contributed by atoms with Crippen LogP contribution in [-0.4, -0.2) is 26.4 Å². The number of aromatic nitrogens is 3. The lowest BCUT2D eigenvalue weighted by Gasteiger charge is -2.08. The standard InChI is InChI=1S/C22H20N4O3S/c1-15-19(12-13-28-15)21-24-25-22(26(21)2)30-14-20(27)23-16-8-10-18(11-9-16)29-17-6-4-3-5-7-17/h3-13H,14H2,1-2H3,(H,23,27). The molecule has 0 bridgehead atoms. The molecule has 0 radical (unpaired) electrons. The molecule has 2 aromatic heterocycles. The highest BCUT2D eigenvalue weighted by atomic mass is 32.2. The molecule has 8 heteroatoms. The molecule has 2 aromatic carbocycles. The van der Waals surface area contributed by atoms with E-state index >= 15 is 0 Å². The van der Waals surface area contributed by atoms with Crippen LogP contribution >= 0.6 is 11.8 Å². The van der Waals surface area contributed by atoms with Gasteiger partial charge in [0.1, 0.15) is 17.3 Å². The third-order valence-electron chi connectivity index (χ3n) is 4.38. The number of aryl methyl sites for hydroxylation is 1. The van der Waals surface area contributed by atoms with Crippen LogP contribution in [0.15, 0.2) is 76.5 Å². The van der Waals surface area contributed by atoms with Gasteiger partial charge in [-0.05, 0) is 49.4 Å². The Kier molecular flexibility index (Phi) is 5.85. The van der Waals surface area contributed by atoms with Gasteiger partial charge in [-0.15, -0.1) is 10.2 Å². The van der Waals surface area contributed by atoms with E-state index in [9.17, 15) is 4.79 Å². The SMILES string of the molecule is Cc1occc1-c1nnc(SCC(=O)Nc2ccc(Oc3ccccc3)cc2)n1C. The van der Waals surface area contributed by atoms with Gasteiger partial charge in [-0.1, -0.05) is 30.0 Å². The predicted molar refractivity (Wildman–Crippen MR) is 116 cm³/mol. The first-order chi connectivity index (χ1) is 14.6. The lowest BCUT2D eigenvalue weighted by Crippen LogP contribution is -2.14. The van der Waals surface area contributed by atoms with Crippen molar-refractivity contribution in [3.8, 4) is 22.9 Å². The van der Waals surface area contributed by atoms with E-state index in [0.29, 0.717) is 22.4 Å². The van der Waals surface area contributed by atoms with E-state index in [-0.39, 0.29) is 11.7 Å². The minimum absolute atomic E-state index is 0.124. The van der Waals surface area contributed by atoms with Crippen molar-refractivity contribution >= 4 is 23.4 Å². The topological polar surface area (TPSA) is 82.2 Å². The van der Waals surface area contributed by atoms with Gasteiger partial charge in [0.05, 0.1) is 17.6 Å². The fourth-order valence-corrected chi connectivity index (χ4v) is 3.56. The Balaban J connectivity index is 1.32.